The second-order valence-electron chi connectivity index (χ2n) is 7.73. The fraction of sp³-hybridized carbons (Fsp3) is 0.478. The molecule has 1 unspecified atom stereocenters. The molecule has 1 aliphatic heterocycles. The summed E-state index contributed by atoms with van der Waals surface area (Å²) < 4.78 is 19.2. The number of aliphatic imine (C=N–C) groups is 1. The SMILES string of the molecule is CCC(CNC(=NC)NCc1ccc(N2CCN(C)CC2)nc1)Oc1cccc(F)c1. The molecule has 0 saturated carbocycles. The van der Waals surface area contributed by atoms with Gasteiger partial charge in [0.2, 0.25) is 0 Å². The van der Waals surface area contributed by atoms with Crippen LogP contribution in [0.2, 0.25) is 0 Å². The maximum Gasteiger partial charge on any atom is 0.191 e. The van der Waals surface area contributed by atoms with Gasteiger partial charge in [-0.1, -0.05) is 19.1 Å². The lowest BCUT2D eigenvalue weighted by molar-refractivity contribution is 0.199. The van der Waals surface area contributed by atoms with Crippen molar-refractivity contribution in [3.63, 3.8) is 0 Å². The van der Waals surface area contributed by atoms with Crippen LogP contribution in [0.1, 0.15) is 18.9 Å². The second-order valence-corrected chi connectivity index (χ2v) is 7.73. The number of ether oxygens (including phenoxy) is 1. The molecule has 1 aromatic heterocycles. The van der Waals surface area contributed by atoms with Crippen molar-refractivity contribution in [2.24, 2.45) is 4.99 Å². The van der Waals surface area contributed by atoms with Gasteiger partial charge in [0.1, 0.15) is 23.5 Å². The van der Waals surface area contributed by atoms with Crippen LogP contribution in [-0.4, -0.2) is 68.8 Å². The number of hydrogen-bond donors (Lipinski definition) is 2. The van der Waals surface area contributed by atoms with Gasteiger partial charge >= 0.3 is 0 Å². The van der Waals surface area contributed by atoms with Crippen LogP contribution < -0.4 is 20.3 Å². The molecule has 8 heteroatoms. The van der Waals surface area contributed by atoms with Gasteiger partial charge in [0.25, 0.3) is 0 Å². The zero-order valence-electron chi connectivity index (χ0n) is 18.6. The molecule has 168 valence electrons. The Morgan fingerprint density at radius 1 is 1.19 bits per heavy atom. The van der Waals surface area contributed by atoms with Crippen molar-refractivity contribution in [1.82, 2.24) is 20.5 Å². The van der Waals surface area contributed by atoms with Gasteiger partial charge in [-0.15, -0.1) is 0 Å². The van der Waals surface area contributed by atoms with E-state index in [9.17, 15) is 4.39 Å². The van der Waals surface area contributed by atoms with Gasteiger partial charge in [0.05, 0.1) is 6.54 Å². The average molecular weight is 429 g/mol. The van der Waals surface area contributed by atoms with Crippen molar-refractivity contribution >= 4 is 11.8 Å². The summed E-state index contributed by atoms with van der Waals surface area (Å²) in [5.41, 5.74) is 1.09. The molecule has 0 spiro atoms. The molecule has 2 heterocycles. The largest absolute Gasteiger partial charge is 0.489 e. The van der Waals surface area contributed by atoms with E-state index in [2.05, 4.69) is 49.6 Å². The molecular formula is C23H33FN6O. The molecule has 1 fully saturated rings. The minimum absolute atomic E-state index is 0.0927. The molecule has 2 N–H and O–H groups in total. The number of rotatable bonds is 8. The van der Waals surface area contributed by atoms with E-state index >= 15 is 0 Å². The highest BCUT2D eigenvalue weighted by molar-refractivity contribution is 5.79. The molecule has 0 radical (unpaired) electrons. The maximum absolute atomic E-state index is 13.4. The lowest BCUT2D eigenvalue weighted by Gasteiger charge is -2.33. The minimum atomic E-state index is -0.301. The van der Waals surface area contributed by atoms with E-state index in [1.807, 2.05) is 13.1 Å². The minimum Gasteiger partial charge on any atom is -0.489 e. The van der Waals surface area contributed by atoms with Gasteiger partial charge in [-0.3, -0.25) is 4.99 Å². The third-order valence-corrected chi connectivity index (χ3v) is 5.37. The molecule has 1 saturated heterocycles. The Balaban J connectivity index is 1.45. The number of halogens is 1. The van der Waals surface area contributed by atoms with E-state index in [1.165, 1.54) is 12.1 Å². The quantitative estimate of drug-likeness (QED) is 0.498. The van der Waals surface area contributed by atoms with Crippen molar-refractivity contribution in [2.45, 2.75) is 26.0 Å². The molecule has 1 aliphatic rings. The highest BCUT2D eigenvalue weighted by Crippen LogP contribution is 2.15. The number of likely N-dealkylation sites (N-methyl/N-ethyl adjacent to an activating group) is 1. The van der Waals surface area contributed by atoms with E-state index in [0.29, 0.717) is 24.8 Å². The number of benzene rings is 1. The number of anilines is 1. The Labute approximate surface area is 184 Å². The Morgan fingerprint density at radius 2 is 2.00 bits per heavy atom. The van der Waals surface area contributed by atoms with E-state index in [1.54, 1.807) is 19.2 Å². The average Bonchev–Trinajstić information content (AvgIpc) is 2.79. The van der Waals surface area contributed by atoms with Crippen LogP contribution in [0, 0.1) is 5.82 Å². The fourth-order valence-electron chi connectivity index (χ4n) is 3.36. The Bertz CT molecular complexity index is 836. The summed E-state index contributed by atoms with van der Waals surface area (Å²) in [5.74, 6) is 1.94. The molecule has 2 aromatic rings. The van der Waals surface area contributed by atoms with E-state index < -0.39 is 0 Å². The lowest BCUT2D eigenvalue weighted by atomic mass is 10.2. The molecule has 0 bridgehead atoms. The maximum atomic E-state index is 13.4. The number of piperazine rings is 1. The Hall–Kier alpha value is -2.87. The summed E-state index contributed by atoms with van der Waals surface area (Å²) in [6.45, 7) is 7.37. The van der Waals surface area contributed by atoms with Crippen LogP contribution in [0.5, 0.6) is 5.75 Å². The van der Waals surface area contributed by atoms with Crippen LogP contribution in [0.3, 0.4) is 0 Å². The molecule has 0 amide bonds. The number of nitrogens with one attached hydrogen (secondary N) is 2. The standard InChI is InChI=1S/C23H33FN6O/c1-4-20(31-21-7-5-6-19(24)14-21)17-28-23(25-2)27-16-18-8-9-22(26-15-18)30-12-10-29(3)11-13-30/h5-9,14-15,20H,4,10-13,16-17H2,1-3H3,(H2,25,27,28). The lowest BCUT2D eigenvalue weighted by Crippen LogP contribution is -2.44. The zero-order valence-corrected chi connectivity index (χ0v) is 18.6. The first-order valence-corrected chi connectivity index (χ1v) is 10.8. The summed E-state index contributed by atoms with van der Waals surface area (Å²) in [6, 6.07) is 10.4. The third kappa shape index (κ3) is 7.10. The van der Waals surface area contributed by atoms with Crippen molar-refractivity contribution in [2.75, 3.05) is 51.7 Å². The van der Waals surface area contributed by atoms with Crippen molar-refractivity contribution in [3.8, 4) is 5.75 Å². The van der Waals surface area contributed by atoms with Crippen LogP contribution in [0.25, 0.3) is 0 Å². The van der Waals surface area contributed by atoms with Crippen molar-refractivity contribution < 1.29 is 9.13 Å². The third-order valence-electron chi connectivity index (χ3n) is 5.37. The molecule has 1 atom stereocenters. The monoisotopic (exact) mass is 428 g/mol. The number of guanidine groups is 1. The van der Waals surface area contributed by atoms with Crippen LogP contribution in [0.15, 0.2) is 47.6 Å². The molecule has 0 aliphatic carbocycles. The smallest absolute Gasteiger partial charge is 0.191 e. The predicted molar refractivity (Wildman–Crippen MR) is 123 cm³/mol. The topological polar surface area (TPSA) is 65.0 Å². The first-order chi connectivity index (χ1) is 15.1. The second kappa shape index (κ2) is 11.5. The van der Waals surface area contributed by atoms with Gasteiger partial charge in [0, 0.05) is 52.0 Å². The van der Waals surface area contributed by atoms with Crippen LogP contribution in [0.4, 0.5) is 10.2 Å². The molecule has 3 rings (SSSR count). The summed E-state index contributed by atoms with van der Waals surface area (Å²) in [7, 11) is 3.88. The first kappa shape index (κ1) is 22.8. The highest BCUT2D eigenvalue weighted by Gasteiger charge is 2.15. The van der Waals surface area contributed by atoms with Gasteiger partial charge < -0.3 is 25.2 Å². The molecular weight excluding hydrogens is 395 g/mol. The van der Waals surface area contributed by atoms with Gasteiger partial charge in [0.15, 0.2) is 5.96 Å². The Morgan fingerprint density at radius 3 is 2.65 bits per heavy atom. The van der Waals surface area contributed by atoms with Gasteiger partial charge in [-0.25, -0.2) is 9.37 Å². The number of hydrogen-bond acceptors (Lipinski definition) is 5. The van der Waals surface area contributed by atoms with E-state index in [4.69, 9.17) is 4.74 Å². The van der Waals surface area contributed by atoms with Crippen molar-refractivity contribution in [3.05, 3.63) is 54.0 Å². The number of pyridine rings is 1. The molecule has 7 nitrogen and oxygen atoms in total. The first-order valence-electron chi connectivity index (χ1n) is 10.8. The fourth-order valence-corrected chi connectivity index (χ4v) is 3.36. The van der Waals surface area contributed by atoms with Crippen LogP contribution >= 0.6 is 0 Å². The van der Waals surface area contributed by atoms with Gasteiger partial charge in [-0.2, -0.15) is 0 Å². The van der Waals surface area contributed by atoms with Crippen molar-refractivity contribution in [1.29, 1.82) is 0 Å². The predicted octanol–water partition coefficient (Wildman–Crippen LogP) is 2.50. The zero-order chi connectivity index (χ0) is 22.1. The Kier molecular flexibility index (Phi) is 8.46. The number of aromatic nitrogens is 1. The van der Waals surface area contributed by atoms with Gasteiger partial charge in [-0.05, 0) is 37.2 Å². The summed E-state index contributed by atoms with van der Waals surface area (Å²) in [5, 5.41) is 6.59. The van der Waals surface area contributed by atoms with Crippen LogP contribution in [-0.2, 0) is 6.54 Å². The number of nitrogens with zero attached hydrogens (tertiary/aromatic N) is 4. The van der Waals surface area contributed by atoms with E-state index in [0.717, 1.165) is 44.0 Å². The molecule has 1 aromatic carbocycles. The summed E-state index contributed by atoms with van der Waals surface area (Å²) in [4.78, 5) is 13.6. The van der Waals surface area contributed by atoms with E-state index in [-0.39, 0.29) is 11.9 Å². The highest BCUT2D eigenvalue weighted by atomic mass is 19.1. The summed E-state index contributed by atoms with van der Waals surface area (Å²) >= 11 is 0. The molecule has 31 heavy (non-hydrogen) atoms. The summed E-state index contributed by atoms with van der Waals surface area (Å²) in [6.07, 6.45) is 2.61. The normalized spacial score (nSPS) is 16.1.